The van der Waals surface area contributed by atoms with Gasteiger partial charge in [-0.1, -0.05) is 22.8 Å². The quantitative estimate of drug-likeness (QED) is 0.141. The number of nitrogens with one attached hydrogen (secondary N) is 1. The molecule has 0 bridgehead atoms. The van der Waals surface area contributed by atoms with Crippen molar-refractivity contribution in [3.05, 3.63) is 74.0 Å². The van der Waals surface area contributed by atoms with Crippen molar-refractivity contribution in [3.8, 4) is 0 Å². The van der Waals surface area contributed by atoms with Crippen molar-refractivity contribution in [3.63, 3.8) is 0 Å². The van der Waals surface area contributed by atoms with Crippen LogP contribution in [0.15, 0.2) is 49.8 Å². The van der Waals surface area contributed by atoms with E-state index in [9.17, 15) is 4.79 Å². The van der Waals surface area contributed by atoms with Gasteiger partial charge in [0.1, 0.15) is 22.2 Å². The fourth-order valence-corrected chi connectivity index (χ4v) is 3.73. The largest absolute Gasteiger partial charge is 0.455 e. The van der Waals surface area contributed by atoms with Crippen LogP contribution >= 0.6 is 11.6 Å². The maximum atomic E-state index is 13.2. The van der Waals surface area contributed by atoms with Crippen molar-refractivity contribution < 1.29 is 9.62 Å². The van der Waals surface area contributed by atoms with Gasteiger partial charge in [-0.2, -0.15) is 0 Å². The van der Waals surface area contributed by atoms with Crippen LogP contribution in [0.4, 0.5) is 5.69 Å². The van der Waals surface area contributed by atoms with Crippen LogP contribution < -0.4 is 22.2 Å². The number of anilines is 1. The van der Waals surface area contributed by atoms with E-state index < -0.39 is 0 Å². The third-order valence-corrected chi connectivity index (χ3v) is 5.36. The molecule has 0 spiro atoms. The van der Waals surface area contributed by atoms with Gasteiger partial charge in [0.2, 0.25) is 0 Å². The molecule has 6 N–H and O–H groups in total. The second-order valence-corrected chi connectivity index (χ2v) is 7.89. The fourth-order valence-electron chi connectivity index (χ4n) is 3.59. The van der Waals surface area contributed by atoms with Gasteiger partial charge in [-0.05, 0) is 44.5 Å². The molecule has 0 saturated heterocycles. The minimum Gasteiger partial charge on any atom is -0.455 e. The zero-order chi connectivity index (χ0) is 24.3. The van der Waals surface area contributed by atoms with E-state index in [1.807, 2.05) is 19.9 Å². The molecule has 1 atom stereocenters. The number of aryl methyl sites for hydroxylation is 1. The monoisotopic (exact) mass is 468 g/mol. The number of fused-ring (bicyclic) bond motifs is 1. The summed E-state index contributed by atoms with van der Waals surface area (Å²) in [5.41, 5.74) is 15.0. The molecule has 9 nitrogen and oxygen atoms in total. The molecule has 0 radical (unpaired) electrons. The molecule has 172 valence electrons. The van der Waals surface area contributed by atoms with Crippen LogP contribution in [0.5, 0.6) is 0 Å². The number of hydrogen-bond donors (Lipinski definition) is 4. The summed E-state index contributed by atoms with van der Waals surface area (Å²) in [7, 11) is 1.61. The number of amidine groups is 1. The van der Waals surface area contributed by atoms with Crippen molar-refractivity contribution in [2.45, 2.75) is 26.8 Å². The van der Waals surface area contributed by atoms with Crippen molar-refractivity contribution in [1.29, 1.82) is 0 Å². The van der Waals surface area contributed by atoms with Crippen molar-refractivity contribution in [2.24, 2.45) is 21.6 Å². The molecule has 0 amide bonds. The SMILES string of the molecule is CN=C/C(=C\N)c1oc2c(C(C)Nc3ccc(Cl)nc3/C(N)=N/O)cc(C)cc2c(=O)c1C. The van der Waals surface area contributed by atoms with Gasteiger partial charge in [0.15, 0.2) is 11.3 Å². The molecule has 33 heavy (non-hydrogen) atoms. The number of nitrogens with two attached hydrogens (primary N) is 2. The maximum absolute atomic E-state index is 13.2. The average Bonchev–Trinajstić information content (AvgIpc) is 2.80. The van der Waals surface area contributed by atoms with Crippen molar-refractivity contribution >= 4 is 45.9 Å². The Labute approximate surface area is 195 Å². The molecule has 1 aromatic carbocycles. The summed E-state index contributed by atoms with van der Waals surface area (Å²) in [5, 5.41) is 16.1. The Balaban J connectivity index is 2.21. The molecule has 0 aliphatic rings. The first-order valence-corrected chi connectivity index (χ1v) is 10.4. The van der Waals surface area contributed by atoms with Crippen molar-refractivity contribution in [2.75, 3.05) is 12.4 Å². The van der Waals surface area contributed by atoms with E-state index in [0.717, 1.165) is 11.1 Å². The van der Waals surface area contributed by atoms with E-state index in [0.29, 0.717) is 33.6 Å². The van der Waals surface area contributed by atoms with Crippen molar-refractivity contribution in [1.82, 2.24) is 4.98 Å². The van der Waals surface area contributed by atoms with Crippen LogP contribution in [-0.4, -0.2) is 29.3 Å². The molecular weight excluding hydrogens is 444 g/mol. The Kier molecular flexibility index (Phi) is 7.03. The van der Waals surface area contributed by atoms with Gasteiger partial charge in [-0.3, -0.25) is 9.79 Å². The summed E-state index contributed by atoms with van der Waals surface area (Å²) in [6.45, 7) is 5.49. The number of hydrogen-bond acceptors (Lipinski definition) is 8. The molecule has 0 fully saturated rings. The Bertz CT molecular complexity index is 1360. The van der Waals surface area contributed by atoms with E-state index in [-0.39, 0.29) is 28.2 Å². The standard InChI is InChI=1S/C23H25ClN6O3/c1-11-7-15(13(3)28-17-5-6-18(24)29-19(17)23(26)30-32)22-16(8-11)20(31)12(2)21(33-22)14(9-25)10-27-4/h5-10,13,28,32H,25H2,1-4H3,(H2,26,30)/b14-9+,27-10?. The minimum absolute atomic E-state index is 0.155. The number of aromatic nitrogens is 1. The molecule has 0 saturated carbocycles. The number of allylic oxidation sites excluding steroid dienone is 1. The first-order chi connectivity index (χ1) is 15.7. The fraction of sp³-hybridized carbons (Fsp3) is 0.217. The highest BCUT2D eigenvalue weighted by Crippen LogP contribution is 2.31. The van der Waals surface area contributed by atoms with E-state index in [2.05, 4.69) is 20.4 Å². The highest BCUT2D eigenvalue weighted by molar-refractivity contribution is 6.29. The molecule has 2 heterocycles. The van der Waals surface area contributed by atoms with E-state index in [4.69, 9.17) is 32.7 Å². The predicted octanol–water partition coefficient (Wildman–Crippen LogP) is 3.73. The molecule has 0 aliphatic heterocycles. The molecule has 3 rings (SSSR count). The summed E-state index contributed by atoms with van der Waals surface area (Å²) in [4.78, 5) is 21.3. The van der Waals surface area contributed by atoms with Gasteiger partial charge < -0.3 is 26.4 Å². The zero-order valence-corrected chi connectivity index (χ0v) is 19.4. The first kappa shape index (κ1) is 23.8. The average molecular weight is 469 g/mol. The Hall–Kier alpha value is -3.85. The molecular formula is C23H25ClN6O3. The van der Waals surface area contributed by atoms with Gasteiger partial charge in [0.05, 0.1) is 22.7 Å². The smallest absolute Gasteiger partial charge is 0.196 e. The van der Waals surface area contributed by atoms with Gasteiger partial charge in [-0.25, -0.2) is 4.98 Å². The number of benzene rings is 1. The molecule has 1 unspecified atom stereocenters. The number of oxime groups is 1. The lowest BCUT2D eigenvalue weighted by molar-refractivity contribution is 0.318. The third kappa shape index (κ3) is 4.68. The van der Waals surface area contributed by atoms with Crippen LogP contribution in [0.25, 0.3) is 16.5 Å². The second-order valence-electron chi connectivity index (χ2n) is 7.51. The summed E-state index contributed by atoms with van der Waals surface area (Å²) in [6, 6.07) is 6.62. The summed E-state index contributed by atoms with van der Waals surface area (Å²) in [6.07, 6.45) is 2.89. The predicted molar refractivity (Wildman–Crippen MR) is 132 cm³/mol. The van der Waals surface area contributed by atoms with Gasteiger partial charge in [-0.15, -0.1) is 0 Å². The van der Waals surface area contributed by atoms with Crippen LogP contribution in [0, 0.1) is 13.8 Å². The topological polar surface area (TPSA) is 152 Å². The van der Waals surface area contributed by atoms with Gasteiger partial charge >= 0.3 is 0 Å². The first-order valence-electron chi connectivity index (χ1n) is 10.0. The molecule has 2 aromatic heterocycles. The van der Waals surface area contributed by atoms with Crippen LogP contribution in [0.1, 0.15) is 41.1 Å². The Morgan fingerprint density at radius 1 is 1.33 bits per heavy atom. The summed E-state index contributed by atoms with van der Waals surface area (Å²) in [5.74, 6) is 0.158. The molecule has 3 aromatic rings. The van der Waals surface area contributed by atoms with E-state index in [1.54, 1.807) is 32.2 Å². The van der Waals surface area contributed by atoms with Gasteiger partial charge in [0, 0.05) is 30.6 Å². The number of pyridine rings is 1. The zero-order valence-electron chi connectivity index (χ0n) is 18.7. The lowest BCUT2D eigenvalue weighted by Crippen LogP contribution is -2.19. The second kappa shape index (κ2) is 9.74. The number of rotatable bonds is 6. The normalized spacial score (nSPS) is 13.6. The van der Waals surface area contributed by atoms with E-state index >= 15 is 0 Å². The number of aliphatic imine (C=N–C) groups is 1. The van der Waals surface area contributed by atoms with Crippen LogP contribution in [0.2, 0.25) is 5.15 Å². The molecule has 0 aliphatic carbocycles. The highest BCUT2D eigenvalue weighted by Gasteiger charge is 2.20. The third-order valence-electron chi connectivity index (χ3n) is 5.15. The lowest BCUT2D eigenvalue weighted by atomic mass is 9.99. The van der Waals surface area contributed by atoms with Crippen LogP contribution in [0.3, 0.4) is 0 Å². The maximum Gasteiger partial charge on any atom is 0.196 e. The minimum atomic E-state index is -0.357. The summed E-state index contributed by atoms with van der Waals surface area (Å²) < 4.78 is 6.24. The molecule has 10 heteroatoms. The lowest BCUT2D eigenvalue weighted by Gasteiger charge is -2.20. The highest BCUT2D eigenvalue weighted by atomic mass is 35.5. The number of halogens is 1. The Morgan fingerprint density at radius 2 is 2.06 bits per heavy atom. The summed E-state index contributed by atoms with van der Waals surface area (Å²) >= 11 is 5.98. The number of nitrogens with zero attached hydrogens (tertiary/aromatic N) is 3. The van der Waals surface area contributed by atoms with Gasteiger partial charge in [0.25, 0.3) is 0 Å². The van der Waals surface area contributed by atoms with E-state index in [1.165, 1.54) is 12.4 Å². The van der Waals surface area contributed by atoms with Crippen LogP contribution in [-0.2, 0) is 0 Å². The Morgan fingerprint density at radius 3 is 2.70 bits per heavy atom.